The van der Waals surface area contributed by atoms with Gasteiger partial charge in [-0.1, -0.05) is 38.3 Å². The van der Waals surface area contributed by atoms with Gasteiger partial charge in [0.15, 0.2) is 0 Å². The third-order valence-corrected chi connectivity index (χ3v) is 10.00. The van der Waals surface area contributed by atoms with Gasteiger partial charge >= 0.3 is 0 Å². The smallest absolute Gasteiger partial charge is 0.255 e. The van der Waals surface area contributed by atoms with Crippen LogP contribution in [0.1, 0.15) is 74.1 Å². The third-order valence-electron chi connectivity index (χ3n) is 8.43. The van der Waals surface area contributed by atoms with Crippen LogP contribution >= 0.6 is 0 Å². The van der Waals surface area contributed by atoms with Crippen LogP contribution in [-0.4, -0.2) is 55.0 Å². The maximum atomic E-state index is 13.2. The number of hydrogen-bond acceptors (Lipinski definition) is 6. The number of hydrogen-bond donors (Lipinski definition) is 2. The van der Waals surface area contributed by atoms with Gasteiger partial charge in [0.25, 0.3) is 11.8 Å². The minimum Gasteiger partial charge on any atom is -0.320 e. The predicted molar refractivity (Wildman–Crippen MR) is 149 cm³/mol. The highest BCUT2D eigenvalue weighted by molar-refractivity contribution is 7.92. The van der Waals surface area contributed by atoms with Crippen LogP contribution in [0.4, 0.5) is 0 Å². The minimum absolute atomic E-state index is 0.0839. The lowest BCUT2D eigenvalue weighted by atomic mass is 9.88. The Morgan fingerprint density at radius 1 is 1.21 bits per heavy atom. The van der Waals surface area contributed by atoms with Crippen molar-refractivity contribution in [2.24, 2.45) is 22.6 Å². The lowest BCUT2D eigenvalue weighted by molar-refractivity contribution is -0.125. The van der Waals surface area contributed by atoms with Gasteiger partial charge < -0.3 is 11.1 Å². The normalized spacial score (nSPS) is 22.4. The number of nitrogens with zero attached hydrogens (tertiary/aromatic N) is 2. The molecule has 0 bridgehead atoms. The Balaban J connectivity index is 1.42. The van der Waals surface area contributed by atoms with E-state index >= 15 is 0 Å². The molecule has 1 radical (unpaired) electrons. The van der Waals surface area contributed by atoms with Gasteiger partial charge in [-0.2, -0.15) is 4.31 Å². The van der Waals surface area contributed by atoms with Gasteiger partial charge in [0.2, 0.25) is 10.0 Å². The standard InChI is InChI=1S/C28H40N5O4S/c1-18-15-21(17-20(3)24(29)25(30)34)16-19(2)23(18)9-14-38(36,37)33-12-10-28(11-13-33)27(35)31-26(32-28)22-7-5-4-6-8-22/h9,14-16,20,22,24,30H,4-8,10-13,17,29H2,1-3H3,(H,31,32,35). The number of nitrogens with one attached hydrogen (secondary N) is 2. The number of nitrogens with two attached hydrogens (primary N) is 1. The van der Waals surface area contributed by atoms with Crippen molar-refractivity contribution in [3.8, 4) is 0 Å². The summed E-state index contributed by atoms with van der Waals surface area (Å²) in [5.74, 6) is 0.0921. The van der Waals surface area contributed by atoms with Gasteiger partial charge in [0, 0.05) is 24.4 Å². The number of aryl methyl sites for hydroxylation is 2. The molecular formula is C28H40N5O4S. The SMILES string of the molecule is Cc1cc(CC(C)C(N)C([NH])=O)cc(C)c1C=CS(=O)(=O)N1CCC2(CC1)N=C(C1CCCCC1)NC2=O. The number of amides is 2. The first-order valence-corrected chi connectivity index (χ1v) is 15.1. The number of amidine groups is 1. The molecule has 4 N–H and O–H groups in total. The molecular weight excluding hydrogens is 502 g/mol. The van der Waals surface area contributed by atoms with E-state index in [9.17, 15) is 18.0 Å². The summed E-state index contributed by atoms with van der Waals surface area (Å²) in [5.41, 5.74) is 15.9. The van der Waals surface area contributed by atoms with Crippen molar-refractivity contribution in [2.75, 3.05) is 13.1 Å². The van der Waals surface area contributed by atoms with Gasteiger partial charge in [-0.3, -0.25) is 20.3 Å². The zero-order chi connectivity index (χ0) is 27.7. The molecule has 4 rings (SSSR count). The number of carbonyl (C=O) groups excluding carboxylic acids is 2. The van der Waals surface area contributed by atoms with Crippen LogP contribution < -0.4 is 16.8 Å². The second kappa shape index (κ2) is 11.3. The molecule has 2 atom stereocenters. The molecule has 0 aromatic heterocycles. The van der Waals surface area contributed by atoms with Crippen LogP contribution in [0, 0.1) is 25.7 Å². The van der Waals surface area contributed by atoms with E-state index in [1.165, 1.54) is 16.1 Å². The summed E-state index contributed by atoms with van der Waals surface area (Å²) in [7, 11) is -3.66. The van der Waals surface area contributed by atoms with E-state index in [4.69, 9.17) is 16.5 Å². The molecule has 2 aliphatic heterocycles. The first-order chi connectivity index (χ1) is 17.9. The van der Waals surface area contributed by atoms with Gasteiger partial charge in [0.05, 0.1) is 6.04 Å². The molecule has 38 heavy (non-hydrogen) atoms. The summed E-state index contributed by atoms with van der Waals surface area (Å²) in [6.07, 6.45) is 8.62. The molecule has 1 saturated heterocycles. The quantitative estimate of drug-likeness (QED) is 0.519. The molecule has 1 spiro atoms. The molecule has 10 heteroatoms. The summed E-state index contributed by atoms with van der Waals surface area (Å²) in [6, 6.07) is 3.12. The van der Waals surface area contributed by atoms with E-state index in [0.717, 1.165) is 53.8 Å². The van der Waals surface area contributed by atoms with Gasteiger partial charge in [-0.15, -0.1) is 0 Å². The largest absolute Gasteiger partial charge is 0.320 e. The van der Waals surface area contributed by atoms with E-state index in [0.29, 0.717) is 25.2 Å². The Bertz CT molecular complexity index is 1220. The number of aliphatic imine (C=N–C) groups is 1. The zero-order valence-electron chi connectivity index (χ0n) is 22.6. The zero-order valence-corrected chi connectivity index (χ0v) is 23.4. The number of sulfonamides is 1. The van der Waals surface area contributed by atoms with E-state index < -0.39 is 27.5 Å². The van der Waals surface area contributed by atoms with Gasteiger partial charge in [-0.25, -0.2) is 8.42 Å². The van der Waals surface area contributed by atoms with E-state index in [1.54, 1.807) is 6.08 Å². The lowest BCUT2D eigenvalue weighted by Gasteiger charge is -2.34. The minimum atomic E-state index is -3.66. The molecule has 2 unspecified atom stereocenters. The molecule has 2 fully saturated rings. The summed E-state index contributed by atoms with van der Waals surface area (Å²) in [5, 5.41) is 4.27. The Hall–Kier alpha value is -2.56. The molecule has 1 saturated carbocycles. The Morgan fingerprint density at radius 2 is 1.82 bits per heavy atom. The predicted octanol–water partition coefficient (Wildman–Crippen LogP) is 2.86. The van der Waals surface area contributed by atoms with Crippen molar-refractivity contribution in [1.29, 1.82) is 0 Å². The van der Waals surface area contributed by atoms with Crippen molar-refractivity contribution in [2.45, 2.75) is 83.7 Å². The van der Waals surface area contributed by atoms with E-state index in [2.05, 4.69) is 5.32 Å². The van der Waals surface area contributed by atoms with E-state index in [-0.39, 0.29) is 24.9 Å². The summed E-state index contributed by atoms with van der Waals surface area (Å²) >= 11 is 0. The highest BCUT2D eigenvalue weighted by Gasteiger charge is 2.48. The van der Waals surface area contributed by atoms with Crippen molar-refractivity contribution >= 4 is 33.7 Å². The Morgan fingerprint density at radius 3 is 2.39 bits per heavy atom. The van der Waals surface area contributed by atoms with Crippen molar-refractivity contribution in [3.05, 3.63) is 39.8 Å². The summed E-state index contributed by atoms with van der Waals surface area (Å²) < 4.78 is 27.8. The monoisotopic (exact) mass is 542 g/mol. The molecule has 2 amide bonds. The highest BCUT2D eigenvalue weighted by atomic mass is 32.2. The van der Waals surface area contributed by atoms with Crippen LogP contribution in [0.15, 0.2) is 22.5 Å². The maximum absolute atomic E-state index is 13.2. The Labute approximate surface area is 226 Å². The van der Waals surface area contributed by atoms with Crippen molar-refractivity contribution < 1.29 is 18.0 Å². The molecule has 2 heterocycles. The average Bonchev–Trinajstić information content (AvgIpc) is 3.19. The van der Waals surface area contributed by atoms with Gasteiger partial charge in [0.1, 0.15) is 11.4 Å². The number of carbonyl (C=O) groups is 2. The molecule has 3 aliphatic rings. The van der Waals surface area contributed by atoms with Crippen molar-refractivity contribution in [1.82, 2.24) is 15.4 Å². The van der Waals surface area contributed by atoms with E-state index in [1.807, 2.05) is 32.9 Å². The molecule has 9 nitrogen and oxygen atoms in total. The fourth-order valence-electron chi connectivity index (χ4n) is 6.00. The van der Waals surface area contributed by atoms with Crippen LogP contribution in [0.3, 0.4) is 0 Å². The maximum Gasteiger partial charge on any atom is 0.255 e. The summed E-state index contributed by atoms with van der Waals surface area (Å²) in [4.78, 5) is 29.0. The average molecular weight is 543 g/mol. The molecule has 1 aromatic rings. The third kappa shape index (κ3) is 6.02. The fourth-order valence-corrected chi connectivity index (χ4v) is 7.17. The summed E-state index contributed by atoms with van der Waals surface area (Å²) in [6.45, 7) is 6.21. The molecule has 1 aromatic carbocycles. The van der Waals surface area contributed by atoms with Crippen LogP contribution in [0.2, 0.25) is 0 Å². The topological polar surface area (TPSA) is 146 Å². The van der Waals surface area contributed by atoms with Crippen LogP contribution in [-0.2, 0) is 26.0 Å². The lowest BCUT2D eigenvalue weighted by Crippen LogP contribution is -2.50. The first-order valence-electron chi connectivity index (χ1n) is 13.6. The van der Waals surface area contributed by atoms with Crippen molar-refractivity contribution in [3.63, 3.8) is 0 Å². The number of rotatable bonds is 8. The highest BCUT2D eigenvalue weighted by Crippen LogP contribution is 2.35. The number of piperidine rings is 1. The molecule has 207 valence electrons. The second-order valence-electron chi connectivity index (χ2n) is 11.3. The fraction of sp³-hybridized carbons (Fsp3) is 0.607. The second-order valence-corrected chi connectivity index (χ2v) is 13.1. The van der Waals surface area contributed by atoms with Crippen LogP contribution in [0.25, 0.3) is 6.08 Å². The van der Waals surface area contributed by atoms with Gasteiger partial charge in [-0.05, 0) is 80.2 Å². The number of benzene rings is 1. The first kappa shape index (κ1) is 28.4. The molecule has 1 aliphatic carbocycles. The Kier molecular flexibility index (Phi) is 8.44. The van der Waals surface area contributed by atoms with Crippen LogP contribution in [0.5, 0.6) is 0 Å².